The molecule has 0 saturated carbocycles. The third-order valence-corrected chi connectivity index (χ3v) is 1.23. The van der Waals surface area contributed by atoms with E-state index >= 15 is 0 Å². The Morgan fingerprint density at radius 2 is 2.17 bits per heavy atom. The second kappa shape index (κ2) is 2.43. The average molecular weight is 168 g/mol. The van der Waals surface area contributed by atoms with Crippen molar-refractivity contribution in [2.75, 3.05) is 5.84 Å². The van der Waals surface area contributed by atoms with Gasteiger partial charge in [0.15, 0.2) is 5.56 Å². The van der Waals surface area contributed by atoms with Crippen molar-refractivity contribution in [1.82, 2.24) is 9.66 Å². The second-order valence-electron chi connectivity index (χ2n) is 1.94. The first kappa shape index (κ1) is 7.87. The lowest BCUT2D eigenvalue weighted by molar-refractivity contribution is 0.423. The van der Waals surface area contributed by atoms with Crippen molar-refractivity contribution in [3.05, 3.63) is 26.4 Å². The number of H-pyrrole nitrogens is 1. The molecule has 12 heavy (non-hydrogen) atoms. The number of aromatic hydroxyl groups is 1. The van der Waals surface area contributed by atoms with E-state index in [0.717, 1.165) is 0 Å². The number of nitrogens with two attached hydrogens (primary N) is 1. The molecule has 0 amide bonds. The third kappa shape index (κ3) is 0.911. The molecule has 1 rings (SSSR count). The number of hydrogen-bond acceptors (Lipinski definition) is 5. The Balaban J connectivity index is 3.78. The van der Waals surface area contributed by atoms with E-state index in [4.69, 9.17) is 16.2 Å². The van der Waals surface area contributed by atoms with Crippen molar-refractivity contribution in [2.24, 2.45) is 0 Å². The van der Waals surface area contributed by atoms with Gasteiger partial charge in [-0.2, -0.15) is 9.94 Å². The maximum absolute atomic E-state index is 10.7. The van der Waals surface area contributed by atoms with Crippen LogP contribution in [-0.4, -0.2) is 14.8 Å². The van der Waals surface area contributed by atoms with Crippen LogP contribution in [0, 0.1) is 11.3 Å². The van der Waals surface area contributed by atoms with Gasteiger partial charge >= 0.3 is 5.69 Å². The molecule has 0 saturated heterocycles. The molecule has 0 radical (unpaired) electrons. The molecule has 4 N–H and O–H groups in total. The van der Waals surface area contributed by atoms with Crippen molar-refractivity contribution >= 4 is 0 Å². The van der Waals surface area contributed by atoms with Crippen LogP contribution in [0.25, 0.3) is 0 Å². The van der Waals surface area contributed by atoms with Crippen LogP contribution in [0.3, 0.4) is 0 Å². The number of aromatic nitrogens is 2. The molecule has 0 fully saturated rings. The van der Waals surface area contributed by atoms with Crippen LogP contribution in [0.1, 0.15) is 5.56 Å². The van der Waals surface area contributed by atoms with E-state index < -0.39 is 22.7 Å². The molecule has 0 aliphatic carbocycles. The zero-order chi connectivity index (χ0) is 9.30. The van der Waals surface area contributed by atoms with E-state index in [9.17, 15) is 9.59 Å². The molecule has 0 aliphatic heterocycles. The predicted octanol–water partition coefficient (Wildman–Crippen LogP) is -2.17. The van der Waals surface area contributed by atoms with Crippen LogP contribution in [0.2, 0.25) is 0 Å². The molecule has 1 aromatic heterocycles. The molecule has 0 unspecified atom stereocenters. The number of nitrogen functional groups attached to an aromatic ring is 1. The van der Waals surface area contributed by atoms with Gasteiger partial charge in [-0.1, -0.05) is 0 Å². The molecular formula is C5H4N4O3. The van der Waals surface area contributed by atoms with Gasteiger partial charge in [0.1, 0.15) is 6.07 Å². The number of aromatic amines is 1. The molecule has 1 aromatic rings. The Kier molecular flexibility index (Phi) is 1.59. The Bertz CT molecular complexity index is 463. The largest absolute Gasteiger partial charge is 0.492 e. The van der Waals surface area contributed by atoms with Crippen molar-refractivity contribution in [2.45, 2.75) is 0 Å². The standard InChI is InChI=1S/C5H4N4O3/c6-1-2-3(10)8-5(12)9(7)4(2)11/h11H,7H2,(H,8,10,12). The SMILES string of the molecule is N#Cc1c(O)n(N)c(=O)[nH]c1=O. The molecule has 0 aliphatic rings. The molecule has 0 spiro atoms. The van der Waals surface area contributed by atoms with E-state index in [-0.39, 0.29) is 4.68 Å². The van der Waals surface area contributed by atoms with Crippen molar-refractivity contribution in [3.63, 3.8) is 0 Å². The second-order valence-corrected chi connectivity index (χ2v) is 1.94. The Morgan fingerprint density at radius 1 is 1.58 bits per heavy atom. The minimum atomic E-state index is -0.975. The third-order valence-electron chi connectivity index (χ3n) is 1.23. The minimum Gasteiger partial charge on any atom is -0.492 e. The van der Waals surface area contributed by atoms with Crippen LogP contribution in [-0.2, 0) is 0 Å². The van der Waals surface area contributed by atoms with Crippen LogP contribution in [0.5, 0.6) is 5.88 Å². The molecular weight excluding hydrogens is 164 g/mol. The highest BCUT2D eigenvalue weighted by Crippen LogP contribution is 2.03. The molecule has 7 heteroatoms. The summed E-state index contributed by atoms with van der Waals surface area (Å²) in [6.07, 6.45) is 0. The zero-order valence-electron chi connectivity index (χ0n) is 5.74. The summed E-state index contributed by atoms with van der Waals surface area (Å²) >= 11 is 0. The quantitative estimate of drug-likeness (QED) is 0.380. The van der Waals surface area contributed by atoms with E-state index in [1.54, 1.807) is 4.98 Å². The van der Waals surface area contributed by atoms with E-state index in [0.29, 0.717) is 0 Å². The number of nitrogens with zero attached hydrogens (tertiary/aromatic N) is 2. The van der Waals surface area contributed by atoms with Gasteiger partial charge < -0.3 is 10.9 Å². The lowest BCUT2D eigenvalue weighted by Gasteiger charge is -1.99. The Hall–Kier alpha value is -2.23. The van der Waals surface area contributed by atoms with Crippen molar-refractivity contribution < 1.29 is 5.11 Å². The number of hydrogen-bond donors (Lipinski definition) is 3. The molecule has 1 heterocycles. The fourth-order valence-electron chi connectivity index (χ4n) is 0.639. The molecule has 0 aromatic carbocycles. The van der Waals surface area contributed by atoms with Crippen LogP contribution in [0.4, 0.5) is 0 Å². The summed E-state index contributed by atoms with van der Waals surface area (Å²) in [5, 5.41) is 17.3. The van der Waals surface area contributed by atoms with Gasteiger partial charge in [0.05, 0.1) is 0 Å². The Labute approximate surface area is 65.3 Å². The summed E-state index contributed by atoms with van der Waals surface area (Å²) in [6, 6.07) is 1.40. The van der Waals surface area contributed by atoms with Gasteiger partial charge in [-0.05, 0) is 0 Å². The minimum absolute atomic E-state index is 0.278. The van der Waals surface area contributed by atoms with Gasteiger partial charge in [-0.3, -0.25) is 9.78 Å². The van der Waals surface area contributed by atoms with E-state index in [2.05, 4.69) is 0 Å². The maximum atomic E-state index is 10.7. The molecule has 7 nitrogen and oxygen atoms in total. The number of nitrogens with one attached hydrogen (secondary N) is 1. The van der Waals surface area contributed by atoms with Crippen molar-refractivity contribution in [3.8, 4) is 11.9 Å². The molecule has 62 valence electrons. The first-order chi connectivity index (χ1) is 5.57. The highest BCUT2D eigenvalue weighted by molar-refractivity contribution is 5.34. The predicted molar refractivity (Wildman–Crippen MR) is 37.9 cm³/mol. The summed E-state index contributed by atoms with van der Waals surface area (Å²) in [6.45, 7) is 0. The maximum Gasteiger partial charge on any atom is 0.349 e. The van der Waals surface area contributed by atoms with Gasteiger partial charge in [0.25, 0.3) is 5.56 Å². The summed E-state index contributed by atoms with van der Waals surface area (Å²) in [5.41, 5.74) is -2.52. The normalized spacial score (nSPS) is 9.25. The van der Waals surface area contributed by atoms with Crippen LogP contribution in [0.15, 0.2) is 9.59 Å². The smallest absolute Gasteiger partial charge is 0.349 e. The fraction of sp³-hybridized carbons (Fsp3) is 0. The van der Waals surface area contributed by atoms with Gasteiger partial charge in [0.2, 0.25) is 5.88 Å². The summed E-state index contributed by atoms with van der Waals surface area (Å²) in [4.78, 5) is 23.1. The first-order valence-corrected chi connectivity index (χ1v) is 2.81. The summed E-state index contributed by atoms with van der Waals surface area (Å²) in [5.74, 6) is 4.12. The zero-order valence-corrected chi connectivity index (χ0v) is 5.74. The van der Waals surface area contributed by atoms with Crippen LogP contribution < -0.4 is 17.1 Å². The fourth-order valence-corrected chi connectivity index (χ4v) is 0.639. The number of rotatable bonds is 0. The monoisotopic (exact) mass is 168 g/mol. The first-order valence-electron chi connectivity index (χ1n) is 2.81. The average Bonchev–Trinajstić information content (AvgIpc) is 2.01. The van der Waals surface area contributed by atoms with E-state index in [1.807, 2.05) is 0 Å². The summed E-state index contributed by atoms with van der Waals surface area (Å²) < 4.78 is 0.278. The Morgan fingerprint density at radius 3 is 2.67 bits per heavy atom. The topological polar surface area (TPSA) is 125 Å². The molecule has 0 bridgehead atoms. The van der Waals surface area contributed by atoms with Gasteiger partial charge in [-0.15, -0.1) is 0 Å². The summed E-state index contributed by atoms with van der Waals surface area (Å²) in [7, 11) is 0. The van der Waals surface area contributed by atoms with Crippen LogP contribution >= 0.6 is 0 Å². The lowest BCUT2D eigenvalue weighted by atomic mass is 10.3. The number of nitriles is 1. The van der Waals surface area contributed by atoms with Crippen molar-refractivity contribution in [1.29, 1.82) is 5.26 Å². The molecule has 0 atom stereocenters. The highest BCUT2D eigenvalue weighted by atomic mass is 16.3. The van der Waals surface area contributed by atoms with E-state index in [1.165, 1.54) is 6.07 Å². The highest BCUT2D eigenvalue weighted by Gasteiger charge is 2.10. The van der Waals surface area contributed by atoms with Gasteiger partial charge in [0, 0.05) is 0 Å². The lowest BCUT2D eigenvalue weighted by Crippen LogP contribution is -2.35. The van der Waals surface area contributed by atoms with Gasteiger partial charge in [-0.25, -0.2) is 4.79 Å².